The van der Waals surface area contributed by atoms with Crippen LogP contribution in [0.5, 0.6) is 0 Å². The highest BCUT2D eigenvalue weighted by Crippen LogP contribution is 2.29. The van der Waals surface area contributed by atoms with E-state index in [4.69, 9.17) is 16.0 Å². The number of nitrogens with one attached hydrogen (secondary N) is 1. The summed E-state index contributed by atoms with van der Waals surface area (Å²) < 4.78 is 5.94. The Labute approximate surface area is 174 Å². The number of fused-ring (bicyclic) bond motifs is 1. The second-order valence-electron chi connectivity index (χ2n) is 7.07. The molecule has 0 spiro atoms. The first-order valence-corrected chi connectivity index (χ1v) is 9.99. The lowest BCUT2D eigenvalue weighted by molar-refractivity contribution is 0.102. The molecule has 1 N–H and O–H groups in total. The first kappa shape index (κ1) is 19.2. The Hall–Kier alpha value is -3.11. The molecule has 4 nitrogen and oxygen atoms in total. The Balaban J connectivity index is 1.61. The highest BCUT2D eigenvalue weighted by molar-refractivity contribution is 6.34. The molecular weight excluding hydrogens is 384 g/mol. The van der Waals surface area contributed by atoms with Gasteiger partial charge < -0.3 is 9.73 Å². The van der Waals surface area contributed by atoms with Crippen molar-refractivity contribution >= 4 is 34.3 Å². The molecule has 4 rings (SSSR count). The highest BCUT2D eigenvalue weighted by atomic mass is 35.5. The third-order valence-corrected chi connectivity index (χ3v) is 5.41. The van der Waals surface area contributed by atoms with Crippen LogP contribution in [0.3, 0.4) is 0 Å². The summed E-state index contributed by atoms with van der Waals surface area (Å²) in [7, 11) is 0. The summed E-state index contributed by atoms with van der Waals surface area (Å²) in [6.45, 7) is 4.37. The van der Waals surface area contributed by atoms with Gasteiger partial charge in [0.25, 0.3) is 5.91 Å². The lowest BCUT2D eigenvalue weighted by Crippen LogP contribution is -2.12. The highest BCUT2D eigenvalue weighted by Gasteiger charge is 2.13. The summed E-state index contributed by atoms with van der Waals surface area (Å²) in [5.41, 5.74) is 4.71. The van der Waals surface area contributed by atoms with Crippen LogP contribution in [0.2, 0.25) is 5.02 Å². The third-order valence-electron chi connectivity index (χ3n) is 5.08. The average molecular weight is 405 g/mol. The molecule has 29 heavy (non-hydrogen) atoms. The van der Waals surface area contributed by atoms with Crippen molar-refractivity contribution in [2.24, 2.45) is 0 Å². The summed E-state index contributed by atoms with van der Waals surface area (Å²) in [5, 5.41) is 3.30. The van der Waals surface area contributed by atoms with Crippen molar-refractivity contribution in [2.45, 2.75) is 26.2 Å². The molecule has 0 aliphatic carbocycles. The molecule has 0 saturated carbocycles. The van der Waals surface area contributed by atoms with Gasteiger partial charge in [0.2, 0.25) is 5.89 Å². The van der Waals surface area contributed by atoms with Gasteiger partial charge in [0, 0.05) is 11.3 Å². The number of halogens is 1. The van der Waals surface area contributed by atoms with E-state index in [1.165, 1.54) is 5.56 Å². The van der Waals surface area contributed by atoms with Crippen molar-refractivity contribution in [3.05, 3.63) is 82.9 Å². The van der Waals surface area contributed by atoms with Gasteiger partial charge >= 0.3 is 0 Å². The number of anilines is 1. The summed E-state index contributed by atoms with van der Waals surface area (Å²) in [4.78, 5) is 17.2. The summed E-state index contributed by atoms with van der Waals surface area (Å²) >= 11 is 6.12. The molecular formula is C24H21ClN2O2. The van der Waals surface area contributed by atoms with E-state index in [2.05, 4.69) is 36.3 Å². The SMILES string of the molecule is CCC(C)c1ccc2oc(-c3cccc(NC(=O)c4ccccc4Cl)c3)nc2c1. The topological polar surface area (TPSA) is 55.1 Å². The van der Waals surface area contributed by atoms with E-state index >= 15 is 0 Å². The van der Waals surface area contributed by atoms with Gasteiger partial charge in [-0.1, -0.05) is 49.7 Å². The van der Waals surface area contributed by atoms with Gasteiger partial charge in [0.15, 0.2) is 5.58 Å². The minimum absolute atomic E-state index is 0.261. The first-order chi connectivity index (χ1) is 14.0. The van der Waals surface area contributed by atoms with Crippen molar-refractivity contribution in [2.75, 3.05) is 5.32 Å². The van der Waals surface area contributed by atoms with Gasteiger partial charge in [-0.15, -0.1) is 0 Å². The normalized spacial score (nSPS) is 12.1. The summed E-state index contributed by atoms with van der Waals surface area (Å²) in [6.07, 6.45) is 1.07. The van der Waals surface area contributed by atoms with Gasteiger partial charge in [-0.05, 0) is 60.4 Å². The molecule has 0 aliphatic rings. The number of benzene rings is 3. The van der Waals surface area contributed by atoms with Crippen molar-refractivity contribution in [3.8, 4) is 11.5 Å². The van der Waals surface area contributed by atoms with Crippen LogP contribution in [0.4, 0.5) is 5.69 Å². The molecule has 5 heteroatoms. The first-order valence-electron chi connectivity index (χ1n) is 9.62. The number of oxazole rings is 1. The molecule has 0 bridgehead atoms. The van der Waals surface area contributed by atoms with Gasteiger partial charge in [0.1, 0.15) is 5.52 Å². The van der Waals surface area contributed by atoms with Gasteiger partial charge in [-0.25, -0.2) is 4.98 Å². The smallest absolute Gasteiger partial charge is 0.257 e. The third kappa shape index (κ3) is 4.03. The summed E-state index contributed by atoms with van der Waals surface area (Å²) in [5.74, 6) is 0.738. The van der Waals surface area contributed by atoms with Crippen LogP contribution < -0.4 is 5.32 Å². The van der Waals surface area contributed by atoms with Crippen molar-refractivity contribution in [1.82, 2.24) is 4.98 Å². The Morgan fingerprint density at radius 3 is 2.72 bits per heavy atom. The number of amides is 1. The molecule has 1 amide bonds. The molecule has 1 unspecified atom stereocenters. The van der Waals surface area contributed by atoms with E-state index in [-0.39, 0.29) is 5.91 Å². The Morgan fingerprint density at radius 1 is 1.10 bits per heavy atom. The molecule has 1 aromatic heterocycles. The zero-order chi connectivity index (χ0) is 20.4. The number of hydrogen-bond donors (Lipinski definition) is 1. The van der Waals surface area contributed by atoms with Crippen LogP contribution in [0.1, 0.15) is 42.1 Å². The number of hydrogen-bond acceptors (Lipinski definition) is 3. The van der Waals surface area contributed by atoms with Crippen LogP contribution in [0, 0.1) is 0 Å². The predicted molar refractivity (Wildman–Crippen MR) is 118 cm³/mol. The second-order valence-corrected chi connectivity index (χ2v) is 7.48. The van der Waals surface area contributed by atoms with Crippen LogP contribution in [0.25, 0.3) is 22.6 Å². The monoisotopic (exact) mass is 404 g/mol. The van der Waals surface area contributed by atoms with E-state index in [1.807, 2.05) is 30.3 Å². The molecule has 1 atom stereocenters. The molecule has 3 aromatic carbocycles. The molecule has 4 aromatic rings. The zero-order valence-electron chi connectivity index (χ0n) is 16.3. The van der Waals surface area contributed by atoms with Crippen LogP contribution in [-0.2, 0) is 0 Å². The maximum absolute atomic E-state index is 12.5. The number of carbonyl (C=O) groups excluding carboxylic acids is 1. The van der Waals surface area contributed by atoms with E-state index < -0.39 is 0 Å². The minimum Gasteiger partial charge on any atom is -0.436 e. The Bertz CT molecular complexity index is 1180. The number of aromatic nitrogens is 1. The maximum atomic E-state index is 12.5. The van der Waals surface area contributed by atoms with Crippen LogP contribution >= 0.6 is 11.6 Å². The molecule has 0 saturated heterocycles. The number of rotatable bonds is 5. The zero-order valence-corrected chi connectivity index (χ0v) is 17.0. The van der Waals surface area contributed by atoms with Crippen molar-refractivity contribution < 1.29 is 9.21 Å². The maximum Gasteiger partial charge on any atom is 0.257 e. The van der Waals surface area contributed by atoms with Gasteiger partial charge in [-0.2, -0.15) is 0 Å². The predicted octanol–water partition coefficient (Wildman–Crippen LogP) is 6.91. The largest absolute Gasteiger partial charge is 0.436 e. The molecule has 0 aliphatic heterocycles. The second kappa shape index (κ2) is 8.10. The van der Waals surface area contributed by atoms with E-state index in [9.17, 15) is 4.79 Å². The van der Waals surface area contributed by atoms with Crippen molar-refractivity contribution in [3.63, 3.8) is 0 Å². The van der Waals surface area contributed by atoms with E-state index in [1.54, 1.807) is 24.3 Å². The van der Waals surface area contributed by atoms with Gasteiger partial charge in [-0.3, -0.25) is 4.79 Å². The molecule has 1 heterocycles. The fourth-order valence-corrected chi connectivity index (χ4v) is 3.41. The van der Waals surface area contributed by atoms with Gasteiger partial charge in [0.05, 0.1) is 10.6 Å². The fourth-order valence-electron chi connectivity index (χ4n) is 3.18. The number of carbonyl (C=O) groups is 1. The van der Waals surface area contributed by atoms with Crippen LogP contribution in [0.15, 0.2) is 71.1 Å². The molecule has 146 valence electrons. The minimum atomic E-state index is -0.261. The van der Waals surface area contributed by atoms with E-state index in [0.717, 1.165) is 23.1 Å². The standard InChI is InChI=1S/C24H21ClN2O2/c1-3-15(2)16-11-12-22-21(14-16)27-24(29-22)17-7-6-8-18(13-17)26-23(28)19-9-4-5-10-20(19)25/h4-15H,3H2,1-2H3,(H,26,28). The Morgan fingerprint density at radius 2 is 1.93 bits per heavy atom. The van der Waals surface area contributed by atoms with Crippen LogP contribution in [-0.4, -0.2) is 10.9 Å². The summed E-state index contributed by atoms with van der Waals surface area (Å²) in [6, 6.07) is 20.5. The van der Waals surface area contributed by atoms with Crippen molar-refractivity contribution in [1.29, 1.82) is 0 Å². The molecule has 0 fully saturated rings. The number of nitrogens with zero attached hydrogens (tertiary/aromatic N) is 1. The average Bonchev–Trinajstić information content (AvgIpc) is 3.17. The quantitative estimate of drug-likeness (QED) is 0.393. The lowest BCUT2D eigenvalue weighted by Gasteiger charge is -2.07. The fraction of sp³-hybridized carbons (Fsp3) is 0.167. The lowest BCUT2D eigenvalue weighted by atomic mass is 9.98. The van der Waals surface area contributed by atoms with E-state index in [0.29, 0.717) is 28.1 Å². The Kier molecular flexibility index (Phi) is 5.36. The molecule has 0 radical (unpaired) electrons.